The number of halogens is 2. The summed E-state index contributed by atoms with van der Waals surface area (Å²) in [5, 5.41) is 2.64. The van der Waals surface area contributed by atoms with Crippen molar-refractivity contribution in [1.29, 1.82) is 0 Å². The Kier molecular flexibility index (Phi) is 5.86. The molecular formula is C22H24F2N2O3. The van der Waals surface area contributed by atoms with E-state index in [2.05, 4.69) is 5.32 Å². The van der Waals surface area contributed by atoms with Crippen molar-refractivity contribution in [1.82, 2.24) is 5.32 Å². The molecule has 7 heteroatoms. The first-order chi connectivity index (χ1) is 13.6. The molecule has 0 fully saturated rings. The molecule has 2 aromatic carbocycles. The van der Waals surface area contributed by atoms with E-state index in [0.29, 0.717) is 24.1 Å². The molecule has 154 valence electrons. The summed E-state index contributed by atoms with van der Waals surface area (Å²) >= 11 is 0. The van der Waals surface area contributed by atoms with Crippen molar-refractivity contribution in [3.05, 3.63) is 65.2 Å². The van der Waals surface area contributed by atoms with Crippen molar-refractivity contribution in [2.75, 3.05) is 4.90 Å². The van der Waals surface area contributed by atoms with E-state index in [4.69, 9.17) is 4.74 Å². The number of hydrogen-bond acceptors (Lipinski definition) is 3. The summed E-state index contributed by atoms with van der Waals surface area (Å²) in [5.41, 5.74) is 1.21. The van der Waals surface area contributed by atoms with Crippen LogP contribution in [0.3, 0.4) is 0 Å². The summed E-state index contributed by atoms with van der Waals surface area (Å²) in [6, 6.07) is 9.72. The number of amides is 2. The van der Waals surface area contributed by atoms with E-state index in [-0.39, 0.29) is 12.5 Å². The molecule has 1 atom stereocenters. The third-order valence-corrected chi connectivity index (χ3v) is 4.50. The van der Waals surface area contributed by atoms with Crippen LogP contribution in [0.2, 0.25) is 0 Å². The highest BCUT2D eigenvalue weighted by Crippen LogP contribution is 2.29. The van der Waals surface area contributed by atoms with Gasteiger partial charge < -0.3 is 15.0 Å². The van der Waals surface area contributed by atoms with Crippen LogP contribution in [0, 0.1) is 11.6 Å². The molecule has 1 aliphatic heterocycles. The Hall–Kier alpha value is -2.96. The van der Waals surface area contributed by atoms with Crippen molar-refractivity contribution in [2.45, 2.75) is 51.8 Å². The van der Waals surface area contributed by atoms with Crippen LogP contribution in [-0.2, 0) is 22.5 Å². The first kappa shape index (κ1) is 20.8. The Bertz CT molecular complexity index is 904. The van der Waals surface area contributed by atoms with Crippen LogP contribution in [-0.4, -0.2) is 23.6 Å². The number of nitrogens with zero attached hydrogens (tertiary/aromatic N) is 1. The molecule has 1 unspecified atom stereocenters. The molecule has 29 heavy (non-hydrogen) atoms. The largest absolute Gasteiger partial charge is 0.444 e. The SMILES string of the molecule is CC(C)(C)OC(=O)NC1CCc2ccccc2N(Cc2cc(F)cc(F)c2)C1=O. The smallest absolute Gasteiger partial charge is 0.408 e. The maximum absolute atomic E-state index is 13.6. The molecule has 0 spiro atoms. The predicted octanol–water partition coefficient (Wildman–Crippen LogP) is 4.34. The summed E-state index contributed by atoms with van der Waals surface area (Å²) in [6.45, 7) is 5.20. The summed E-state index contributed by atoms with van der Waals surface area (Å²) in [5.74, 6) is -1.77. The molecule has 1 N–H and O–H groups in total. The van der Waals surface area contributed by atoms with Crippen molar-refractivity contribution in [3.63, 3.8) is 0 Å². The summed E-state index contributed by atoms with van der Waals surface area (Å²) in [4.78, 5) is 26.9. The molecule has 3 rings (SSSR count). The van der Waals surface area contributed by atoms with E-state index < -0.39 is 29.4 Å². The van der Waals surface area contributed by atoms with E-state index in [1.54, 1.807) is 32.9 Å². The third-order valence-electron chi connectivity index (χ3n) is 4.50. The van der Waals surface area contributed by atoms with Gasteiger partial charge in [-0.25, -0.2) is 13.6 Å². The highest BCUT2D eigenvalue weighted by atomic mass is 19.1. The quantitative estimate of drug-likeness (QED) is 0.831. The van der Waals surface area contributed by atoms with E-state index >= 15 is 0 Å². The third kappa shape index (κ3) is 5.31. The van der Waals surface area contributed by atoms with E-state index in [0.717, 1.165) is 11.6 Å². The second kappa shape index (κ2) is 8.19. The number of hydrogen-bond donors (Lipinski definition) is 1. The standard InChI is InChI=1S/C22H24F2N2O3/c1-22(2,3)29-21(28)25-18-9-8-15-6-4-5-7-19(15)26(20(18)27)13-14-10-16(23)12-17(24)11-14/h4-7,10-12,18H,8-9,13H2,1-3H3,(H,25,28). The highest BCUT2D eigenvalue weighted by molar-refractivity contribution is 6.00. The molecule has 1 heterocycles. The van der Waals surface area contributed by atoms with Gasteiger partial charge >= 0.3 is 6.09 Å². The predicted molar refractivity (Wildman–Crippen MR) is 105 cm³/mol. The fourth-order valence-electron chi connectivity index (χ4n) is 3.35. The van der Waals surface area contributed by atoms with Gasteiger partial charge in [0.1, 0.15) is 23.3 Å². The zero-order valence-corrected chi connectivity index (χ0v) is 16.7. The fraction of sp³-hybridized carbons (Fsp3) is 0.364. The molecule has 0 saturated heterocycles. The molecule has 5 nitrogen and oxygen atoms in total. The maximum atomic E-state index is 13.6. The molecule has 2 amide bonds. The Morgan fingerprint density at radius 2 is 1.83 bits per heavy atom. The highest BCUT2D eigenvalue weighted by Gasteiger charge is 2.32. The van der Waals surface area contributed by atoms with Gasteiger partial charge in [-0.15, -0.1) is 0 Å². The number of alkyl carbamates (subject to hydrolysis) is 1. The van der Waals surface area contributed by atoms with Crippen LogP contribution in [0.25, 0.3) is 0 Å². The monoisotopic (exact) mass is 402 g/mol. The number of aryl methyl sites for hydroxylation is 1. The molecule has 0 saturated carbocycles. The first-order valence-corrected chi connectivity index (χ1v) is 9.46. The molecule has 1 aliphatic rings. The van der Waals surface area contributed by atoms with Crippen LogP contribution >= 0.6 is 0 Å². The number of para-hydroxylation sites is 1. The number of nitrogens with one attached hydrogen (secondary N) is 1. The molecular weight excluding hydrogens is 378 g/mol. The molecule has 0 radical (unpaired) electrons. The Labute approximate surface area is 168 Å². The van der Waals surface area contributed by atoms with Gasteiger partial charge in [0.15, 0.2) is 0 Å². The van der Waals surface area contributed by atoms with Gasteiger partial charge in [-0.1, -0.05) is 18.2 Å². The lowest BCUT2D eigenvalue weighted by Gasteiger charge is -2.27. The maximum Gasteiger partial charge on any atom is 0.408 e. The van der Waals surface area contributed by atoms with E-state index in [9.17, 15) is 18.4 Å². The van der Waals surface area contributed by atoms with Crippen LogP contribution in [0.15, 0.2) is 42.5 Å². The molecule has 0 bridgehead atoms. The molecule has 0 aliphatic carbocycles. The zero-order chi connectivity index (χ0) is 21.2. The number of benzene rings is 2. The van der Waals surface area contributed by atoms with Gasteiger partial charge in [-0.3, -0.25) is 4.79 Å². The number of carbonyl (C=O) groups excluding carboxylic acids is 2. The van der Waals surface area contributed by atoms with Crippen molar-refractivity contribution in [3.8, 4) is 0 Å². The van der Waals surface area contributed by atoms with E-state index in [1.165, 1.54) is 17.0 Å². The summed E-state index contributed by atoms with van der Waals surface area (Å²) < 4.78 is 32.6. The molecule has 2 aromatic rings. The van der Waals surface area contributed by atoms with Crippen LogP contribution in [0.4, 0.5) is 19.3 Å². The lowest BCUT2D eigenvalue weighted by molar-refractivity contribution is -0.120. The number of carbonyl (C=O) groups is 2. The van der Waals surface area contributed by atoms with Crippen LogP contribution < -0.4 is 10.2 Å². The van der Waals surface area contributed by atoms with Gasteiger partial charge in [0, 0.05) is 11.8 Å². The van der Waals surface area contributed by atoms with Gasteiger partial charge in [0.05, 0.1) is 6.54 Å². The minimum atomic E-state index is -0.810. The zero-order valence-electron chi connectivity index (χ0n) is 16.7. The van der Waals surface area contributed by atoms with Crippen LogP contribution in [0.1, 0.15) is 38.3 Å². The minimum absolute atomic E-state index is 0.0168. The lowest BCUT2D eigenvalue weighted by Crippen LogP contribution is -2.49. The topological polar surface area (TPSA) is 58.6 Å². The van der Waals surface area contributed by atoms with Gasteiger partial charge in [-0.05, 0) is 62.9 Å². The second-order valence-corrected chi connectivity index (χ2v) is 8.07. The number of ether oxygens (including phenoxy) is 1. The summed E-state index contributed by atoms with van der Waals surface area (Å²) in [6.07, 6.45) is 0.276. The lowest BCUT2D eigenvalue weighted by atomic mass is 10.1. The summed E-state index contributed by atoms with van der Waals surface area (Å²) in [7, 11) is 0. The number of anilines is 1. The fourth-order valence-corrected chi connectivity index (χ4v) is 3.35. The number of rotatable bonds is 3. The average molecular weight is 402 g/mol. The van der Waals surface area contributed by atoms with Gasteiger partial charge in [0.2, 0.25) is 5.91 Å². The molecule has 0 aromatic heterocycles. The van der Waals surface area contributed by atoms with Crippen molar-refractivity contribution in [2.24, 2.45) is 0 Å². The van der Waals surface area contributed by atoms with E-state index in [1.807, 2.05) is 12.1 Å². The van der Waals surface area contributed by atoms with Gasteiger partial charge in [0.25, 0.3) is 0 Å². The Morgan fingerprint density at radius 3 is 2.48 bits per heavy atom. The Balaban J connectivity index is 1.90. The Morgan fingerprint density at radius 1 is 1.17 bits per heavy atom. The normalized spacial score (nSPS) is 16.8. The number of fused-ring (bicyclic) bond motifs is 1. The van der Waals surface area contributed by atoms with Crippen LogP contribution in [0.5, 0.6) is 0 Å². The minimum Gasteiger partial charge on any atom is -0.444 e. The first-order valence-electron chi connectivity index (χ1n) is 9.46. The van der Waals surface area contributed by atoms with Crippen molar-refractivity contribution < 1.29 is 23.1 Å². The second-order valence-electron chi connectivity index (χ2n) is 8.07. The van der Waals surface area contributed by atoms with Crippen molar-refractivity contribution >= 4 is 17.7 Å². The van der Waals surface area contributed by atoms with Gasteiger partial charge in [-0.2, -0.15) is 0 Å². The average Bonchev–Trinajstić information content (AvgIpc) is 2.72.